The zero-order chi connectivity index (χ0) is 27.0. The molecule has 0 bridgehead atoms. The molecular weight excluding hydrogens is 470 g/mol. The molecule has 1 aromatic carbocycles. The average Bonchev–Trinajstić information content (AvgIpc) is 3.22. The van der Waals surface area contributed by atoms with E-state index in [0.717, 1.165) is 10.9 Å². The van der Waals surface area contributed by atoms with Crippen molar-refractivity contribution in [2.45, 2.75) is 64.2 Å². The monoisotopic (exact) mass is 503 g/mol. The first-order valence-corrected chi connectivity index (χ1v) is 11.6. The topological polar surface area (TPSA) is 204 Å². The minimum Gasteiger partial charge on any atom is -0.481 e. The standard InChI is InChI=1S/C24H33N5O7/c1-12(2)20(25)23(34)28-17(8-9-19(30)31)21(32)29-18(22(33)27-13(3)24(35)36)10-14-11-26-16-7-5-4-6-15(14)16/h4-7,11-13,17-18,20,26H,8-10,25H2,1-3H3,(H,27,33)(H,28,34)(H,29,32)(H,30,31)(H,35,36). The number of aromatic nitrogens is 1. The van der Waals surface area contributed by atoms with Gasteiger partial charge >= 0.3 is 11.9 Å². The Labute approximate surface area is 208 Å². The van der Waals surface area contributed by atoms with Crippen LogP contribution < -0.4 is 21.7 Å². The number of benzene rings is 1. The second-order valence-corrected chi connectivity index (χ2v) is 8.96. The van der Waals surface area contributed by atoms with Gasteiger partial charge in [-0.2, -0.15) is 0 Å². The van der Waals surface area contributed by atoms with E-state index in [1.165, 1.54) is 6.92 Å². The summed E-state index contributed by atoms with van der Waals surface area (Å²) in [6.07, 6.45) is 1.05. The van der Waals surface area contributed by atoms with Crippen LogP contribution in [0.3, 0.4) is 0 Å². The summed E-state index contributed by atoms with van der Waals surface area (Å²) in [5.74, 6) is -4.82. The minimum atomic E-state index is -1.27. The molecule has 0 aliphatic carbocycles. The van der Waals surface area contributed by atoms with Gasteiger partial charge in [0.1, 0.15) is 18.1 Å². The summed E-state index contributed by atoms with van der Waals surface area (Å²) in [6.45, 7) is 4.73. The number of fused-ring (bicyclic) bond motifs is 1. The van der Waals surface area contributed by atoms with Crippen LogP contribution in [0.1, 0.15) is 39.2 Å². The third-order valence-corrected chi connectivity index (χ3v) is 5.76. The number of nitrogens with two attached hydrogens (primary N) is 1. The molecule has 8 N–H and O–H groups in total. The summed E-state index contributed by atoms with van der Waals surface area (Å²) in [4.78, 5) is 64.0. The van der Waals surface area contributed by atoms with E-state index < -0.39 is 60.2 Å². The van der Waals surface area contributed by atoms with E-state index in [1.54, 1.807) is 20.0 Å². The third-order valence-electron chi connectivity index (χ3n) is 5.76. The summed E-state index contributed by atoms with van der Waals surface area (Å²) in [6, 6.07) is 2.71. The van der Waals surface area contributed by atoms with Gasteiger partial charge in [-0.1, -0.05) is 32.0 Å². The van der Waals surface area contributed by atoms with Crippen molar-refractivity contribution in [2.24, 2.45) is 11.7 Å². The van der Waals surface area contributed by atoms with Gasteiger partial charge in [0.05, 0.1) is 6.04 Å². The van der Waals surface area contributed by atoms with Gasteiger partial charge in [0, 0.05) is 29.9 Å². The largest absolute Gasteiger partial charge is 0.481 e. The summed E-state index contributed by atoms with van der Waals surface area (Å²) in [5, 5.41) is 26.4. The Morgan fingerprint density at radius 2 is 1.53 bits per heavy atom. The lowest BCUT2D eigenvalue weighted by atomic mass is 10.0. The fourth-order valence-corrected chi connectivity index (χ4v) is 3.49. The maximum absolute atomic E-state index is 13.1. The van der Waals surface area contributed by atoms with Crippen LogP contribution in [0.25, 0.3) is 10.9 Å². The van der Waals surface area contributed by atoms with Crippen molar-refractivity contribution in [3.05, 3.63) is 36.0 Å². The zero-order valence-corrected chi connectivity index (χ0v) is 20.4. The summed E-state index contributed by atoms with van der Waals surface area (Å²) in [5.41, 5.74) is 7.36. The smallest absolute Gasteiger partial charge is 0.325 e. The van der Waals surface area contributed by atoms with Crippen molar-refractivity contribution in [1.29, 1.82) is 0 Å². The quantitative estimate of drug-likeness (QED) is 0.199. The fourth-order valence-electron chi connectivity index (χ4n) is 3.49. The van der Waals surface area contributed by atoms with Gasteiger partial charge in [-0.3, -0.25) is 24.0 Å². The number of hydrogen-bond acceptors (Lipinski definition) is 6. The van der Waals surface area contributed by atoms with E-state index >= 15 is 0 Å². The van der Waals surface area contributed by atoms with E-state index in [9.17, 15) is 29.1 Å². The van der Waals surface area contributed by atoms with Gasteiger partial charge in [0.25, 0.3) is 0 Å². The number of carboxylic acid groups (broad SMARTS) is 2. The van der Waals surface area contributed by atoms with Crippen molar-refractivity contribution in [3.8, 4) is 0 Å². The molecular formula is C24H33N5O7. The van der Waals surface area contributed by atoms with Gasteiger partial charge in [0.2, 0.25) is 17.7 Å². The van der Waals surface area contributed by atoms with Gasteiger partial charge in [-0.25, -0.2) is 0 Å². The predicted octanol–water partition coefficient (Wildman–Crippen LogP) is 0.117. The van der Waals surface area contributed by atoms with Crippen molar-refractivity contribution in [3.63, 3.8) is 0 Å². The molecule has 4 unspecified atom stereocenters. The first kappa shape index (κ1) is 28.3. The number of para-hydroxylation sites is 1. The number of aliphatic carboxylic acids is 2. The fraction of sp³-hybridized carbons (Fsp3) is 0.458. The number of rotatable bonds is 13. The summed E-state index contributed by atoms with van der Waals surface area (Å²) < 4.78 is 0. The Kier molecular flexibility index (Phi) is 9.97. The van der Waals surface area contributed by atoms with Crippen LogP contribution in [0.15, 0.2) is 30.5 Å². The maximum Gasteiger partial charge on any atom is 0.325 e. The van der Waals surface area contributed by atoms with Crippen LogP contribution in [-0.2, 0) is 30.4 Å². The van der Waals surface area contributed by atoms with Crippen LogP contribution in [-0.4, -0.2) is 69.0 Å². The van der Waals surface area contributed by atoms with E-state index in [0.29, 0.717) is 5.56 Å². The number of carbonyl (C=O) groups excluding carboxylic acids is 3. The Bertz CT molecular complexity index is 1110. The van der Waals surface area contributed by atoms with Crippen LogP contribution in [0.4, 0.5) is 0 Å². The second-order valence-electron chi connectivity index (χ2n) is 8.96. The SMILES string of the molecule is CC(NC(=O)C(Cc1c[nH]c2ccccc12)NC(=O)C(CCC(=O)O)NC(=O)C(N)C(C)C)C(=O)O. The summed E-state index contributed by atoms with van der Waals surface area (Å²) in [7, 11) is 0. The molecule has 4 atom stereocenters. The average molecular weight is 504 g/mol. The molecule has 0 aliphatic heterocycles. The Morgan fingerprint density at radius 1 is 0.917 bits per heavy atom. The van der Waals surface area contributed by atoms with Crippen LogP contribution >= 0.6 is 0 Å². The molecule has 196 valence electrons. The molecule has 36 heavy (non-hydrogen) atoms. The van der Waals surface area contributed by atoms with Gasteiger partial charge < -0.3 is 36.9 Å². The Balaban J connectivity index is 2.29. The van der Waals surface area contributed by atoms with Gasteiger partial charge in [0.15, 0.2) is 0 Å². The number of aromatic amines is 1. The molecule has 0 fully saturated rings. The molecule has 1 aromatic heterocycles. The Hall–Kier alpha value is -3.93. The first-order valence-electron chi connectivity index (χ1n) is 11.6. The highest BCUT2D eigenvalue weighted by Gasteiger charge is 2.30. The van der Waals surface area contributed by atoms with Crippen molar-refractivity contribution >= 4 is 40.6 Å². The molecule has 2 aromatic rings. The third kappa shape index (κ3) is 7.80. The minimum absolute atomic E-state index is 0.0129. The number of carboxylic acids is 2. The predicted molar refractivity (Wildman–Crippen MR) is 131 cm³/mol. The highest BCUT2D eigenvalue weighted by atomic mass is 16.4. The maximum atomic E-state index is 13.1. The number of carbonyl (C=O) groups is 5. The van der Waals surface area contributed by atoms with Crippen molar-refractivity contribution in [2.75, 3.05) is 0 Å². The van der Waals surface area contributed by atoms with E-state index in [-0.39, 0.29) is 18.8 Å². The molecule has 2 rings (SSSR count). The normalized spacial score (nSPS) is 14.5. The number of amides is 3. The highest BCUT2D eigenvalue weighted by molar-refractivity contribution is 5.95. The summed E-state index contributed by atoms with van der Waals surface area (Å²) >= 11 is 0. The van der Waals surface area contributed by atoms with Gasteiger partial charge in [-0.05, 0) is 30.9 Å². The molecule has 0 spiro atoms. The van der Waals surface area contributed by atoms with Crippen LogP contribution in [0.5, 0.6) is 0 Å². The lowest BCUT2D eigenvalue weighted by Gasteiger charge is -2.25. The zero-order valence-electron chi connectivity index (χ0n) is 20.4. The first-order chi connectivity index (χ1) is 16.9. The van der Waals surface area contributed by atoms with Gasteiger partial charge in [-0.15, -0.1) is 0 Å². The molecule has 0 radical (unpaired) electrons. The van der Waals surface area contributed by atoms with E-state index in [4.69, 9.17) is 10.8 Å². The molecule has 12 heteroatoms. The van der Waals surface area contributed by atoms with Crippen molar-refractivity contribution < 1.29 is 34.2 Å². The molecule has 0 saturated carbocycles. The molecule has 3 amide bonds. The van der Waals surface area contributed by atoms with E-state index in [1.807, 2.05) is 24.3 Å². The second kappa shape index (κ2) is 12.7. The number of hydrogen-bond donors (Lipinski definition) is 7. The number of nitrogens with one attached hydrogen (secondary N) is 4. The Morgan fingerprint density at radius 3 is 2.14 bits per heavy atom. The molecule has 0 aliphatic rings. The lowest BCUT2D eigenvalue weighted by Crippen LogP contribution is -2.57. The molecule has 1 heterocycles. The molecule has 12 nitrogen and oxygen atoms in total. The van der Waals surface area contributed by atoms with E-state index in [2.05, 4.69) is 20.9 Å². The number of H-pyrrole nitrogens is 1. The van der Waals surface area contributed by atoms with Crippen LogP contribution in [0, 0.1) is 5.92 Å². The van der Waals surface area contributed by atoms with Crippen molar-refractivity contribution in [1.82, 2.24) is 20.9 Å². The highest BCUT2D eigenvalue weighted by Crippen LogP contribution is 2.19. The van der Waals surface area contributed by atoms with Crippen LogP contribution in [0.2, 0.25) is 0 Å². The lowest BCUT2D eigenvalue weighted by molar-refractivity contribution is -0.141. The molecule has 0 saturated heterocycles.